The molecule has 0 aliphatic heterocycles. The van der Waals surface area contributed by atoms with Crippen LogP contribution >= 0.6 is 7.82 Å². The summed E-state index contributed by atoms with van der Waals surface area (Å²) in [6.45, 7) is 4.30. The van der Waals surface area contributed by atoms with Gasteiger partial charge in [-0.3, -0.25) is 23.4 Å². The molecule has 0 fully saturated rings. The van der Waals surface area contributed by atoms with Gasteiger partial charge in [0.2, 0.25) is 0 Å². The third kappa shape index (κ3) is 49.4. The van der Waals surface area contributed by atoms with Crippen molar-refractivity contribution in [1.82, 2.24) is 0 Å². The van der Waals surface area contributed by atoms with Gasteiger partial charge in [0.1, 0.15) is 12.7 Å². The second-order valence-electron chi connectivity index (χ2n) is 17.6. The molecule has 400 valence electrons. The van der Waals surface area contributed by atoms with Crippen LogP contribution in [-0.2, 0) is 42.2 Å². The van der Waals surface area contributed by atoms with Crippen molar-refractivity contribution in [3.63, 3.8) is 0 Å². The van der Waals surface area contributed by atoms with Crippen LogP contribution < -0.4 is 0 Å². The topological polar surface area (TPSA) is 155 Å². The lowest BCUT2D eigenvalue weighted by atomic mass is 10.1. The number of phosphoric ester groups is 1. The van der Waals surface area contributed by atoms with Crippen molar-refractivity contribution in [2.45, 2.75) is 226 Å². The number of esters is 3. The molecule has 0 aliphatic carbocycles. The average Bonchev–Trinajstić information content (AvgIpc) is 3.35. The molecule has 3 atom stereocenters. The molecule has 0 heterocycles. The fraction of sp³-hybridized carbons (Fsp3) is 0.672. The van der Waals surface area contributed by atoms with E-state index in [2.05, 4.69) is 118 Å². The molecule has 0 amide bonds. The van der Waals surface area contributed by atoms with Crippen molar-refractivity contribution in [2.24, 2.45) is 0 Å². The van der Waals surface area contributed by atoms with E-state index in [1.165, 1.54) is 19.3 Å². The summed E-state index contributed by atoms with van der Waals surface area (Å²) < 4.78 is 39.4. The largest absolute Gasteiger partial charge is 0.472 e. The molecular formula is C58H97O11P. The van der Waals surface area contributed by atoms with Gasteiger partial charge in [-0.05, 0) is 116 Å². The molecule has 0 saturated heterocycles. The van der Waals surface area contributed by atoms with Crippen molar-refractivity contribution < 1.29 is 52.2 Å². The first kappa shape index (κ1) is 66.4. The molecule has 0 aromatic rings. The first-order valence-electron chi connectivity index (χ1n) is 27.1. The highest BCUT2D eigenvalue weighted by Crippen LogP contribution is 2.43. The van der Waals surface area contributed by atoms with Gasteiger partial charge < -0.3 is 24.2 Å². The van der Waals surface area contributed by atoms with E-state index in [-0.39, 0.29) is 25.9 Å². The van der Waals surface area contributed by atoms with Gasteiger partial charge in [0.15, 0.2) is 6.10 Å². The fourth-order valence-corrected chi connectivity index (χ4v) is 7.67. The fourth-order valence-electron chi connectivity index (χ4n) is 6.88. The minimum Gasteiger partial charge on any atom is -0.462 e. The van der Waals surface area contributed by atoms with Crippen molar-refractivity contribution in [1.29, 1.82) is 0 Å². The van der Waals surface area contributed by atoms with Gasteiger partial charge >= 0.3 is 25.7 Å². The van der Waals surface area contributed by atoms with E-state index in [0.717, 1.165) is 135 Å². The van der Waals surface area contributed by atoms with Crippen molar-refractivity contribution in [3.05, 3.63) is 97.2 Å². The van der Waals surface area contributed by atoms with Crippen molar-refractivity contribution in [3.8, 4) is 0 Å². The number of rotatable bonds is 49. The lowest BCUT2D eigenvalue weighted by Gasteiger charge is -2.21. The van der Waals surface area contributed by atoms with Gasteiger partial charge in [-0.15, -0.1) is 0 Å². The Bertz CT molecular complexity index is 1540. The molecule has 3 unspecified atom stereocenters. The van der Waals surface area contributed by atoms with Crippen LogP contribution in [0.5, 0.6) is 0 Å². The van der Waals surface area contributed by atoms with Crippen LogP contribution in [0.15, 0.2) is 97.2 Å². The Hall–Kier alpha value is -3.60. The molecule has 0 radical (unpaired) electrons. The zero-order valence-corrected chi connectivity index (χ0v) is 44.8. The molecule has 0 spiro atoms. The smallest absolute Gasteiger partial charge is 0.462 e. The number of hydrogen-bond acceptors (Lipinski definition) is 10. The lowest BCUT2D eigenvalue weighted by molar-refractivity contribution is -0.161. The predicted molar refractivity (Wildman–Crippen MR) is 288 cm³/mol. The molecule has 0 aromatic carbocycles. The number of aliphatic hydroxyl groups is 1. The summed E-state index contributed by atoms with van der Waals surface area (Å²) in [5.41, 5.74) is 0. The zero-order chi connectivity index (χ0) is 51.3. The normalized spacial score (nSPS) is 14.2. The maximum absolute atomic E-state index is 12.9. The summed E-state index contributed by atoms with van der Waals surface area (Å²) in [5.74, 6) is -1.54. The predicted octanol–water partition coefficient (Wildman–Crippen LogP) is 15.7. The monoisotopic (exact) mass is 1000 g/mol. The molecule has 0 bridgehead atoms. The first-order chi connectivity index (χ1) is 34.2. The number of ether oxygens (including phenoxy) is 3. The molecule has 12 heteroatoms. The second kappa shape index (κ2) is 51.7. The number of allylic oxidation sites excluding steroid dienone is 16. The quantitative estimate of drug-likeness (QED) is 0.0197. The lowest BCUT2D eigenvalue weighted by Crippen LogP contribution is -2.30. The van der Waals surface area contributed by atoms with E-state index < -0.39 is 57.8 Å². The van der Waals surface area contributed by atoms with E-state index in [1.807, 2.05) is 0 Å². The molecule has 0 saturated carbocycles. The van der Waals surface area contributed by atoms with Crippen LogP contribution in [-0.4, -0.2) is 66.5 Å². The van der Waals surface area contributed by atoms with Crippen molar-refractivity contribution >= 4 is 25.7 Å². The summed E-state index contributed by atoms with van der Waals surface area (Å²) in [5, 5.41) is 9.78. The number of hydrogen-bond donors (Lipinski definition) is 2. The van der Waals surface area contributed by atoms with Crippen LogP contribution in [0.4, 0.5) is 0 Å². The first-order valence-corrected chi connectivity index (χ1v) is 28.6. The van der Waals surface area contributed by atoms with Gasteiger partial charge in [-0.25, -0.2) is 4.57 Å². The van der Waals surface area contributed by atoms with Crippen LogP contribution in [0, 0.1) is 0 Å². The Kier molecular flexibility index (Phi) is 49.1. The Labute approximate surface area is 425 Å². The summed E-state index contributed by atoms with van der Waals surface area (Å²) in [6, 6.07) is 0. The summed E-state index contributed by atoms with van der Waals surface area (Å²) in [4.78, 5) is 48.4. The highest BCUT2D eigenvalue weighted by Gasteiger charge is 2.28. The minimum atomic E-state index is -4.76. The Morgan fingerprint density at radius 1 is 0.414 bits per heavy atom. The van der Waals surface area contributed by atoms with Gasteiger partial charge in [0.05, 0.1) is 19.8 Å². The zero-order valence-electron chi connectivity index (χ0n) is 43.9. The highest BCUT2D eigenvalue weighted by atomic mass is 31.2. The number of carbonyl (C=O) groups excluding carboxylic acids is 3. The van der Waals surface area contributed by atoms with Crippen LogP contribution in [0.1, 0.15) is 213 Å². The Morgan fingerprint density at radius 3 is 1.16 bits per heavy atom. The van der Waals surface area contributed by atoms with Crippen LogP contribution in [0.3, 0.4) is 0 Å². The molecule has 11 nitrogen and oxygen atoms in total. The van der Waals surface area contributed by atoms with Gasteiger partial charge in [0.25, 0.3) is 0 Å². The van der Waals surface area contributed by atoms with E-state index in [0.29, 0.717) is 19.3 Å². The third-order valence-corrected chi connectivity index (χ3v) is 11.9. The van der Waals surface area contributed by atoms with Crippen molar-refractivity contribution in [2.75, 3.05) is 26.4 Å². The van der Waals surface area contributed by atoms with Gasteiger partial charge in [0, 0.05) is 19.3 Å². The maximum Gasteiger partial charge on any atom is 0.472 e. The van der Waals surface area contributed by atoms with E-state index in [9.17, 15) is 28.9 Å². The van der Waals surface area contributed by atoms with Gasteiger partial charge in [-0.1, -0.05) is 176 Å². The molecule has 0 rings (SSSR count). The minimum absolute atomic E-state index is 0.136. The summed E-state index contributed by atoms with van der Waals surface area (Å²) in [7, 11) is -4.76. The molecule has 0 aliphatic rings. The average molecular weight is 1000 g/mol. The number of aliphatic hydroxyl groups excluding tert-OH is 1. The summed E-state index contributed by atoms with van der Waals surface area (Å²) in [6.07, 6.45) is 59.4. The number of carbonyl (C=O) groups is 3. The van der Waals surface area contributed by atoms with E-state index in [1.54, 1.807) is 0 Å². The standard InChI is InChI=1S/C58H97O11P/c1-4-7-10-13-16-19-22-25-27-30-32-35-38-41-44-47-56(60)65-51-55(69-58(62)49-46-43-40-37-34-31-28-26-23-20-17-14-11-8-5-2)53-67-70(63,64)66-52-54(50-59)68-57(61)48-45-42-39-36-33-29-24-21-18-15-12-9-6-3/h7,9-10,12,16-21,25-29,33,54-55,59H,4-6,8,11,13-15,22-24,30-32,34-53H2,1-3H3,(H,63,64)/b10-7-,12-9-,19-16-,20-17-,21-18-,27-25-,28-26-,33-29-. The Balaban J connectivity index is 4.82. The SMILES string of the molecule is CC/C=C\C/C=C\C/C=C\CCCCCCCC(=O)OCC(COP(=O)(O)OCC(CO)OC(=O)CCCCC/C=C\C/C=C\C/C=C\CC)OC(=O)CCCCCCC/C=C\C/C=C\CCCCC. The van der Waals surface area contributed by atoms with Gasteiger partial charge in [-0.2, -0.15) is 0 Å². The van der Waals surface area contributed by atoms with E-state index in [4.69, 9.17) is 23.3 Å². The molecule has 2 N–H and O–H groups in total. The second-order valence-corrected chi connectivity index (χ2v) is 19.1. The third-order valence-electron chi connectivity index (χ3n) is 11.0. The molecular weight excluding hydrogens is 904 g/mol. The Morgan fingerprint density at radius 2 is 0.743 bits per heavy atom. The number of phosphoric acid groups is 1. The maximum atomic E-state index is 12.9. The summed E-state index contributed by atoms with van der Waals surface area (Å²) >= 11 is 0. The number of unbranched alkanes of at least 4 members (excludes halogenated alkanes) is 16. The van der Waals surface area contributed by atoms with Crippen LogP contribution in [0.25, 0.3) is 0 Å². The van der Waals surface area contributed by atoms with E-state index >= 15 is 0 Å². The molecule has 0 aromatic heterocycles. The highest BCUT2D eigenvalue weighted by molar-refractivity contribution is 7.47. The molecule has 70 heavy (non-hydrogen) atoms. The van der Waals surface area contributed by atoms with Crippen LogP contribution in [0.2, 0.25) is 0 Å².